The first-order chi connectivity index (χ1) is 8.08. The second-order valence-electron chi connectivity index (χ2n) is 4.14. The molecule has 1 saturated heterocycles. The number of nitrogens with zero attached hydrogens (tertiary/aromatic N) is 1. The fourth-order valence-corrected chi connectivity index (χ4v) is 3.02. The summed E-state index contributed by atoms with van der Waals surface area (Å²) in [5.74, 6) is -0.0495. The average molecular weight is 256 g/mol. The van der Waals surface area contributed by atoms with Crippen LogP contribution in [0.15, 0.2) is 29.2 Å². The van der Waals surface area contributed by atoms with E-state index in [9.17, 15) is 13.5 Å². The fourth-order valence-electron chi connectivity index (χ4n) is 1.86. The van der Waals surface area contributed by atoms with Gasteiger partial charge in [-0.2, -0.15) is 0 Å². The molecule has 1 aliphatic rings. The van der Waals surface area contributed by atoms with Crippen molar-refractivity contribution in [3.05, 3.63) is 24.3 Å². The van der Waals surface area contributed by atoms with Crippen molar-refractivity contribution >= 4 is 10.0 Å². The van der Waals surface area contributed by atoms with Crippen LogP contribution in [-0.4, -0.2) is 31.6 Å². The normalized spacial score (nSPS) is 18.1. The van der Waals surface area contributed by atoms with Gasteiger partial charge in [-0.15, -0.1) is 4.83 Å². The molecule has 1 aliphatic heterocycles. The van der Waals surface area contributed by atoms with Gasteiger partial charge < -0.3 is 5.11 Å². The summed E-state index contributed by atoms with van der Waals surface area (Å²) in [7, 11) is -3.57. The Hall–Kier alpha value is -1.11. The zero-order valence-corrected chi connectivity index (χ0v) is 10.3. The van der Waals surface area contributed by atoms with Gasteiger partial charge in [0.1, 0.15) is 5.75 Å². The number of hydrogen-bond donors (Lipinski definition) is 2. The monoisotopic (exact) mass is 256 g/mol. The van der Waals surface area contributed by atoms with Gasteiger partial charge in [0.2, 0.25) is 0 Å². The number of phenols is 1. The number of nitrogens with one attached hydrogen (secondary N) is 1. The van der Waals surface area contributed by atoms with Crippen LogP contribution in [-0.2, 0) is 10.0 Å². The molecule has 0 atom stereocenters. The minimum Gasteiger partial charge on any atom is -0.508 e. The second-order valence-corrected chi connectivity index (χ2v) is 5.80. The largest absolute Gasteiger partial charge is 0.508 e. The van der Waals surface area contributed by atoms with Gasteiger partial charge >= 0.3 is 0 Å². The first-order valence-electron chi connectivity index (χ1n) is 5.64. The molecule has 2 rings (SSSR count). The molecule has 1 heterocycles. The molecular formula is C11H16N2O3S. The highest BCUT2D eigenvalue weighted by molar-refractivity contribution is 7.89. The summed E-state index contributed by atoms with van der Waals surface area (Å²) in [6.45, 7) is 1.47. The molecule has 0 aliphatic carbocycles. The molecule has 0 saturated carbocycles. The van der Waals surface area contributed by atoms with E-state index in [1.807, 2.05) is 0 Å². The van der Waals surface area contributed by atoms with Crippen LogP contribution >= 0.6 is 0 Å². The molecule has 5 nitrogen and oxygen atoms in total. The van der Waals surface area contributed by atoms with Crippen molar-refractivity contribution in [2.24, 2.45) is 0 Å². The molecular weight excluding hydrogens is 240 g/mol. The molecule has 17 heavy (non-hydrogen) atoms. The maximum Gasteiger partial charge on any atom is 0.253 e. The number of sulfonamides is 1. The van der Waals surface area contributed by atoms with Crippen LogP contribution in [0.25, 0.3) is 0 Å². The van der Waals surface area contributed by atoms with E-state index in [1.165, 1.54) is 24.3 Å². The minimum absolute atomic E-state index is 0.0495. The Labute approximate surface area is 101 Å². The highest BCUT2D eigenvalue weighted by Crippen LogP contribution is 2.16. The van der Waals surface area contributed by atoms with Crippen LogP contribution in [0.2, 0.25) is 0 Å². The summed E-state index contributed by atoms with van der Waals surface area (Å²) in [6.07, 6.45) is 3.15. The van der Waals surface area contributed by atoms with Gasteiger partial charge in [-0.05, 0) is 31.0 Å². The maximum atomic E-state index is 12.0. The predicted molar refractivity (Wildman–Crippen MR) is 63.9 cm³/mol. The molecule has 0 amide bonds. The molecule has 94 valence electrons. The standard InChI is InChI=1S/C11H16N2O3S/c14-10-5-4-6-11(9-10)17(15,16)12-13-7-2-1-3-8-13/h4-6,9,12,14H,1-3,7-8H2. The van der Waals surface area contributed by atoms with Crippen LogP contribution in [0.1, 0.15) is 19.3 Å². The number of aromatic hydroxyl groups is 1. The molecule has 2 N–H and O–H groups in total. The molecule has 0 spiro atoms. The van der Waals surface area contributed by atoms with Gasteiger partial charge in [0.15, 0.2) is 0 Å². The number of benzene rings is 1. The minimum atomic E-state index is -3.57. The average Bonchev–Trinajstić information content (AvgIpc) is 2.30. The van der Waals surface area contributed by atoms with E-state index in [0.717, 1.165) is 32.4 Å². The van der Waals surface area contributed by atoms with E-state index in [2.05, 4.69) is 4.83 Å². The van der Waals surface area contributed by atoms with E-state index >= 15 is 0 Å². The summed E-state index contributed by atoms with van der Waals surface area (Å²) in [6, 6.07) is 5.66. The number of hydrazine groups is 1. The Morgan fingerprint density at radius 2 is 1.88 bits per heavy atom. The number of hydrogen-bond acceptors (Lipinski definition) is 4. The van der Waals surface area contributed by atoms with E-state index in [0.29, 0.717) is 0 Å². The van der Waals surface area contributed by atoms with Gasteiger partial charge in [-0.1, -0.05) is 12.5 Å². The van der Waals surface area contributed by atoms with Crippen molar-refractivity contribution in [2.45, 2.75) is 24.2 Å². The van der Waals surface area contributed by atoms with Crippen molar-refractivity contribution in [3.63, 3.8) is 0 Å². The molecule has 0 bridgehead atoms. The van der Waals surface area contributed by atoms with Gasteiger partial charge in [0, 0.05) is 13.1 Å². The number of rotatable bonds is 3. The van der Waals surface area contributed by atoms with Crippen molar-refractivity contribution < 1.29 is 13.5 Å². The molecule has 0 unspecified atom stereocenters. The Balaban J connectivity index is 2.13. The topological polar surface area (TPSA) is 69.6 Å². The van der Waals surface area contributed by atoms with Crippen LogP contribution in [0.4, 0.5) is 0 Å². The first kappa shape index (κ1) is 12.3. The third kappa shape index (κ3) is 3.18. The first-order valence-corrected chi connectivity index (χ1v) is 7.13. The van der Waals surface area contributed by atoms with Gasteiger partial charge in [-0.3, -0.25) is 0 Å². The molecule has 6 heteroatoms. The highest BCUT2D eigenvalue weighted by Gasteiger charge is 2.19. The van der Waals surface area contributed by atoms with Crippen molar-refractivity contribution in [2.75, 3.05) is 13.1 Å². The lowest BCUT2D eigenvalue weighted by Gasteiger charge is -2.26. The molecule has 0 radical (unpaired) electrons. The van der Waals surface area contributed by atoms with Gasteiger partial charge in [-0.25, -0.2) is 13.4 Å². The summed E-state index contributed by atoms with van der Waals surface area (Å²) in [5, 5.41) is 11.0. The van der Waals surface area contributed by atoms with Crippen molar-refractivity contribution in [1.82, 2.24) is 9.84 Å². The maximum absolute atomic E-state index is 12.0. The predicted octanol–water partition coefficient (Wildman–Crippen LogP) is 1.07. The summed E-state index contributed by atoms with van der Waals surface area (Å²) < 4.78 is 24.0. The van der Waals surface area contributed by atoms with Crippen molar-refractivity contribution in [1.29, 1.82) is 0 Å². The lowest BCUT2D eigenvalue weighted by atomic mass is 10.2. The lowest BCUT2D eigenvalue weighted by molar-refractivity contribution is 0.200. The number of piperidine rings is 1. The molecule has 1 aromatic rings. The van der Waals surface area contributed by atoms with Crippen molar-refractivity contribution in [3.8, 4) is 5.75 Å². The zero-order chi connectivity index (χ0) is 12.3. The van der Waals surface area contributed by atoms with E-state index in [-0.39, 0.29) is 10.6 Å². The van der Waals surface area contributed by atoms with Gasteiger partial charge in [0.05, 0.1) is 4.90 Å². The Morgan fingerprint density at radius 1 is 1.18 bits per heavy atom. The fraction of sp³-hybridized carbons (Fsp3) is 0.455. The third-order valence-corrected chi connectivity index (χ3v) is 4.11. The summed E-state index contributed by atoms with van der Waals surface area (Å²) in [4.78, 5) is 2.62. The highest BCUT2D eigenvalue weighted by atomic mass is 32.2. The van der Waals surface area contributed by atoms with Crippen LogP contribution in [0, 0.1) is 0 Å². The van der Waals surface area contributed by atoms with E-state index in [1.54, 1.807) is 5.01 Å². The van der Waals surface area contributed by atoms with E-state index < -0.39 is 10.0 Å². The molecule has 1 aromatic carbocycles. The second kappa shape index (κ2) is 5.03. The third-order valence-electron chi connectivity index (χ3n) is 2.73. The number of phenolic OH excluding ortho intramolecular Hbond substituents is 1. The SMILES string of the molecule is O=S(=O)(NN1CCCCC1)c1cccc(O)c1. The quantitative estimate of drug-likeness (QED) is 0.848. The summed E-state index contributed by atoms with van der Waals surface area (Å²) >= 11 is 0. The lowest BCUT2D eigenvalue weighted by Crippen LogP contribution is -2.44. The zero-order valence-electron chi connectivity index (χ0n) is 9.46. The summed E-state index contributed by atoms with van der Waals surface area (Å²) in [5.41, 5.74) is 0. The smallest absolute Gasteiger partial charge is 0.253 e. The molecule has 0 aromatic heterocycles. The van der Waals surface area contributed by atoms with Crippen LogP contribution in [0.3, 0.4) is 0 Å². The molecule has 1 fully saturated rings. The van der Waals surface area contributed by atoms with Gasteiger partial charge in [0.25, 0.3) is 10.0 Å². The Bertz CT molecular complexity index is 481. The van der Waals surface area contributed by atoms with Crippen LogP contribution < -0.4 is 4.83 Å². The Kier molecular flexibility index (Phi) is 3.66. The van der Waals surface area contributed by atoms with Crippen LogP contribution in [0.5, 0.6) is 5.75 Å². The van der Waals surface area contributed by atoms with E-state index in [4.69, 9.17) is 0 Å². The Morgan fingerprint density at radius 3 is 2.53 bits per heavy atom.